The van der Waals surface area contributed by atoms with E-state index in [2.05, 4.69) is 10.5 Å². The van der Waals surface area contributed by atoms with E-state index in [0.717, 1.165) is 16.9 Å². The van der Waals surface area contributed by atoms with Gasteiger partial charge in [-0.3, -0.25) is 4.79 Å². The molecule has 0 fully saturated rings. The van der Waals surface area contributed by atoms with Gasteiger partial charge in [-0.15, -0.1) is 0 Å². The largest absolute Gasteiger partial charge is 0.495 e. The van der Waals surface area contributed by atoms with Gasteiger partial charge in [0.05, 0.1) is 18.4 Å². The molecule has 27 heavy (non-hydrogen) atoms. The number of carbonyl (C=O) groups excluding carboxylic acids is 1. The molecule has 0 aliphatic heterocycles. The Hall–Kier alpha value is -3.28. The fourth-order valence-corrected chi connectivity index (χ4v) is 2.78. The Morgan fingerprint density at radius 1 is 1.11 bits per heavy atom. The Bertz CT molecular complexity index is 963. The number of benzene rings is 2. The van der Waals surface area contributed by atoms with Gasteiger partial charge in [-0.2, -0.15) is 0 Å². The quantitative estimate of drug-likeness (QED) is 0.698. The summed E-state index contributed by atoms with van der Waals surface area (Å²) >= 11 is 0. The third-order valence-electron chi connectivity index (χ3n) is 4.26. The number of carbonyl (C=O) groups is 1. The number of hydrogen-bond acceptors (Lipinski definition) is 5. The molecule has 0 atom stereocenters. The van der Waals surface area contributed by atoms with Crippen LogP contribution < -0.4 is 14.8 Å². The molecule has 6 heteroatoms. The maximum atomic E-state index is 12.7. The summed E-state index contributed by atoms with van der Waals surface area (Å²) in [6.07, 6.45) is 0. The standard InChI is InChI=1S/C21H22N2O4/c1-13-9-10-18(14(2)11-13)26-12-16-15(3)27-23-20(16)21(24)22-17-7-5-6-8-19(17)25-4/h5-11H,12H2,1-4H3,(H,22,24). The summed E-state index contributed by atoms with van der Waals surface area (Å²) in [6, 6.07) is 13.1. The highest BCUT2D eigenvalue weighted by Gasteiger charge is 2.21. The molecular weight excluding hydrogens is 344 g/mol. The van der Waals surface area contributed by atoms with Crippen LogP contribution in [0.1, 0.15) is 32.9 Å². The predicted octanol–water partition coefficient (Wildman–Crippen LogP) is 4.44. The van der Waals surface area contributed by atoms with Crippen LogP contribution in [-0.4, -0.2) is 18.2 Å². The number of anilines is 1. The number of hydrogen-bond donors (Lipinski definition) is 1. The van der Waals surface area contributed by atoms with Gasteiger partial charge in [0, 0.05) is 0 Å². The van der Waals surface area contributed by atoms with Crippen LogP contribution in [0.15, 0.2) is 47.0 Å². The molecule has 3 rings (SSSR count). The van der Waals surface area contributed by atoms with Gasteiger partial charge in [0.25, 0.3) is 5.91 Å². The number of methoxy groups -OCH3 is 1. The molecule has 0 saturated heterocycles. The monoisotopic (exact) mass is 366 g/mol. The SMILES string of the molecule is COc1ccccc1NC(=O)c1noc(C)c1COc1ccc(C)cc1C. The molecule has 0 unspecified atom stereocenters. The number of rotatable bonds is 6. The number of ether oxygens (including phenoxy) is 2. The van der Waals surface area contributed by atoms with Crippen molar-refractivity contribution >= 4 is 11.6 Å². The van der Waals surface area contributed by atoms with Crippen molar-refractivity contribution in [2.24, 2.45) is 0 Å². The fourth-order valence-electron chi connectivity index (χ4n) is 2.78. The number of para-hydroxylation sites is 2. The highest BCUT2D eigenvalue weighted by atomic mass is 16.5. The Balaban J connectivity index is 1.78. The van der Waals surface area contributed by atoms with Crippen LogP contribution >= 0.6 is 0 Å². The molecule has 6 nitrogen and oxygen atoms in total. The first-order valence-electron chi connectivity index (χ1n) is 8.59. The van der Waals surface area contributed by atoms with Gasteiger partial charge >= 0.3 is 0 Å². The predicted molar refractivity (Wildman–Crippen MR) is 102 cm³/mol. The maximum absolute atomic E-state index is 12.7. The minimum atomic E-state index is -0.379. The molecule has 0 saturated carbocycles. The first kappa shape index (κ1) is 18.5. The van der Waals surface area contributed by atoms with Crippen molar-refractivity contribution in [2.75, 3.05) is 12.4 Å². The van der Waals surface area contributed by atoms with Crippen molar-refractivity contribution < 1.29 is 18.8 Å². The van der Waals surface area contributed by atoms with Gasteiger partial charge in [0.1, 0.15) is 23.9 Å². The van der Waals surface area contributed by atoms with Crippen molar-refractivity contribution in [1.29, 1.82) is 0 Å². The van der Waals surface area contributed by atoms with Crippen LogP contribution in [0.4, 0.5) is 5.69 Å². The minimum Gasteiger partial charge on any atom is -0.495 e. The van der Waals surface area contributed by atoms with E-state index in [9.17, 15) is 4.79 Å². The molecule has 140 valence electrons. The number of amides is 1. The molecule has 0 bridgehead atoms. The Morgan fingerprint density at radius 3 is 2.63 bits per heavy atom. The lowest BCUT2D eigenvalue weighted by Gasteiger charge is -2.11. The van der Waals surface area contributed by atoms with Crippen molar-refractivity contribution in [3.63, 3.8) is 0 Å². The van der Waals surface area contributed by atoms with Crippen molar-refractivity contribution in [2.45, 2.75) is 27.4 Å². The molecular formula is C21H22N2O4. The van der Waals surface area contributed by atoms with Gasteiger partial charge in [0.2, 0.25) is 0 Å². The van der Waals surface area contributed by atoms with Gasteiger partial charge in [-0.25, -0.2) is 0 Å². The van der Waals surface area contributed by atoms with Gasteiger partial charge < -0.3 is 19.3 Å². The summed E-state index contributed by atoms with van der Waals surface area (Å²) < 4.78 is 16.4. The van der Waals surface area contributed by atoms with E-state index in [-0.39, 0.29) is 18.2 Å². The van der Waals surface area contributed by atoms with Crippen LogP contribution in [0.2, 0.25) is 0 Å². The van der Waals surface area contributed by atoms with E-state index in [4.69, 9.17) is 14.0 Å². The molecule has 0 aliphatic carbocycles. The molecule has 2 aromatic carbocycles. The minimum absolute atomic E-state index is 0.188. The van der Waals surface area contributed by atoms with E-state index in [1.165, 1.54) is 0 Å². The molecule has 1 heterocycles. The molecule has 1 amide bonds. The number of nitrogens with zero attached hydrogens (tertiary/aromatic N) is 1. The Labute approximate surface area is 158 Å². The second-order valence-corrected chi connectivity index (χ2v) is 6.28. The molecule has 1 N–H and O–H groups in total. The first-order chi connectivity index (χ1) is 13.0. The van der Waals surface area contributed by atoms with E-state index in [1.807, 2.05) is 44.2 Å². The molecule has 1 aromatic heterocycles. The third-order valence-corrected chi connectivity index (χ3v) is 4.26. The van der Waals surface area contributed by atoms with Crippen LogP contribution in [0.5, 0.6) is 11.5 Å². The van der Waals surface area contributed by atoms with Crippen molar-refractivity contribution in [3.05, 3.63) is 70.6 Å². The number of aryl methyl sites for hydroxylation is 3. The van der Waals surface area contributed by atoms with E-state index < -0.39 is 0 Å². The average Bonchev–Trinajstić information content (AvgIpc) is 3.02. The summed E-state index contributed by atoms with van der Waals surface area (Å²) in [5.41, 5.74) is 3.57. The Kier molecular flexibility index (Phi) is 5.45. The van der Waals surface area contributed by atoms with E-state index in [0.29, 0.717) is 22.8 Å². The van der Waals surface area contributed by atoms with Gasteiger partial charge in [0.15, 0.2) is 5.69 Å². The molecule has 0 aliphatic rings. The van der Waals surface area contributed by atoms with Gasteiger partial charge in [-0.1, -0.05) is 35.0 Å². The third kappa shape index (κ3) is 4.11. The number of aromatic nitrogens is 1. The zero-order valence-corrected chi connectivity index (χ0v) is 15.8. The lowest BCUT2D eigenvalue weighted by Crippen LogP contribution is -2.16. The highest BCUT2D eigenvalue weighted by molar-refractivity contribution is 6.04. The van der Waals surface area contributed by atoms with Crippen LogP contribution in [0.25, 0.3) is 0 Å². The summed E-state index contributed by atoms with van der Waals surface area (Å²) in [5, 5.41) is 6.71. The summed E-state index contributed by atoms with van der Waals surface area (Å²) in [6.45, 7) is 5.96. The zero-order valence-electron chi connectivity index (χ0n) is 15.8. The zero-order chi connectivity index (χ0) is 19.4. The van der Waals surface area contributed by atoms with E-state index >= 15 is 0 Å². The maximum Gasteiger partial charge on any atom is 0.278 e. The lowest BCUT2D eigenvalue weighted by atomic mass is 10.1. The summed E-state index contributed by atoms with van der Waals surface area (Å²) in [7, 11) is 1.55. The number of nitrogens with one attached hydrogen (secondary N) is 1. The van der Waals surface area contributed by atoms with Crippen molar-refractivity contribution in [3.8, 4) is 11.5 Å². The average molecular weight is 366 g/mol. The summed E-state index contributed by atoms with van der Waals surface area (Å²) in [4.78, 5) is 12.7. The molecule has 3 aromatic rings. The van der Waals surface area contributed by atoms with Crippen molar-refractivity contribution in [1.82, 2.24) is 5.16 Å². The lowest BCUT2D eigenvalue weighted by molar-refractivity contribution is 0.101. The van der Waals surface area contributed by atoms with Crippen LogP contribution in [0.3, 0.4) is 0 Å². The van der Waals surface area contributed by atoms with Crippen LogP contribution in [0, 0.1) is 20.8 Å². The topological polar surface area (TPSA) is 73.6 Å². The smallest absolute Gasteiger partial charge is 0.278 e. The summed E-state index contributed by atoms with van der Waals surface area (Å²) in [5.74, 6) is 1.50. The second-order valence-electron chi connectivity index (χ2n) is 6.28. The molecule has 0 spiro atoms. The van der Waals surface area contributed by atoms with E-state index in [1.54, 1.807) is 26.2 Å². The highest BCUT2D eigenvalue weighted by Crippen LogP contribution is 2.25. The fraction of sp³-hybridized carbons (Fsp3) is 0.238. The first-order valence-corrected chi connectivity index (χ1v) is 8.59. The molecule has 0 radical (unpaired) electrons. The van der Waals surface area contributed by atoms with Crippen LogP contribution in [-0.2, 0) is 6.61 Å². The normalized spacial score (nSPS) is 10.5. The second kappa shape index (κ2) is 7.95. The Morgan fingerprint density at radius 2 is 1.89 bits per heavy atom. The van der Waals surface area contributed by atoms with Gasteiger partial charge in [-0.05, 0) is 44.5 Å².